The van der Waals surface area contributed by atoms with Crippen LogP contribution in [0.3, 0.4) is 0 Å². The molecule has 4 unspecified atom stereocenters. The second-order valence-electron chi connectivity index (χ2n) is 5.31. The smallest absolute Gasteiger partial charge is 0.0673 e. The van der Waals surface area contributed by atoms with Gasteiger partial charge in [0, 0.05) is 31.8 Å². The Morgan fingerprint density at radius 3 is 2.65 bits per heavy atom. The largest absolute Gasteiger partial charge is 0.377 e. The van der Waals surface area contributed by atoms with Crippen molar-refractivity contribution in [2.24, 2.45) is 5.92 Å². The highest BCUT2D eigenvalue weighted by Crippen LogP contribution is 2.23. The summed E-state index contributed by atoms with van der Waals surface area (Å²) in [5.41, 5.74) is 0. The zero-order chi connectivity index (χ0) is 12.8. The van der Waals surface area contributed by atoms with E-state index in [1.165, 1.54) is 13.0 Å². The Hall–Kier alpha value is -0.120. The third-order valence-corrected chi connectivity index (χ3v) is 4.11. The molecular formula is C14H30N2O. The Morgan fingerprint density at radius 2 is 2.06 bits per heavy atom. The summed E-state index contributed by atoms with van der Waals surface area (Å²) in [6, 6.07) is 1.34. The van der Waals surface area contributed by atoms with Crippen LogP contribution in [0.5, 0.6) is 0 Å². The van der Waals surface area contributed by atoms with Crippen LogP contribution in [0.15, 0.2) is 0 Å². The van der Waals surface area contributed by atoms with Crippen molar-refractivity contribution in [3.8, 4) is 0 Å². The second kappa shape index (κ2) is 7.34. The highest BCUT2D eigenvalue weighted by atomic mass is 16.5. The summed E-state index contributed by atoms with van der Waals surface area (Å²) in [5.74, 6) is 0.720. The molecule has 0 aromatic heterocycles. The van der Waals surface area contributed by atoms with Crippen molar-refractivity contribution in [1.82, 2.24) is 10.2 Å². The van der Waals surface area contributed by atoms with E-state index in [0.29, 0.717) is 18.2 Å². The van der Waals surface area contributed by atoms with Crippen molar-refractivity contribution in [3.63, 3.8) is 0 Å². The molecule has 0 bridgehead atoms. The molecule has 4 atom stereocenters. The van der Waals surface area contributed by atoms with Crippen molar-refractivity contribution < 1.29 is 4.74 Å². The van der Waals surface area contributed by atoms with Gasteiger partial charge < -0.3 is 10.1 Å². The van der Waals surface area contributed by atoms with E-state index in [1.807, 2.05) is 0 Å². The fourth-order valence-corrected chi connectivity index (χ4v) is 2.92. The van der Waals surface area contributed by atoms with Gasteiger partial charge in [-0.25, -0.2) is 0 Å². The normalized spacial score (nSPS) is 32.6. The number of ether oxygens (including phenoxy) is 1. The SMILES string of the molecule is CCNC1CCN(CC(C)OCC)C(C)C1C. The third kappa shape index (κ3) is 4.23. The number of hydrogen-bond acceptors (Lipinski definition) is 3. The first-order chi connectivity index (χ1) is 8.10. The Labute approximate surface area is 107 Å². The summed E-state index contributed by atoms with van der Waals surface area (Å²) in [5, 5.41) is 3.61. The second-order valence-corrected chi connectivity index (χ2v) is 5.31. The number of nitrogens with one attached hydrogen (secondary N) is 1. The molecule has 1 heterocycles. The lowest BCUT2D eigenvalue weighted by Crippen LogP contribution is -2.54. The molecule has 0 aromatic carbocycles. The van der Waals surface area contributed by atoms with E-state index in [1.54, 1.807) is 0 Å². The fraction of sp³-hybridized carbons (Fsp3) is 1.00. The first-order valence-corrected chi connectivity index (χ1v) is 7.19. The standard InChI is InChI=1S/C14H30N2O/c1-6-15-14-8-9-16(13(5)12(14)4)10-11(3)17-7-2/h11-15H,6-10H2,1-5H3. The summed E-state index contributed by atoms with van der Waals surface area (Å²) in [6.45, 7) is 15.3. The molecule has 17 heavy (non-hydrogen) atoms. The molecule has 1 aliphatic rings. The minimum Gasteiger partial charge on any atom is -0.377 e. The van der Waals surface area contributed by atoms with Gasteiger partial charge in [-0.15, -0.1) is 0 Å². The van der Waals surface area contributed by atoms with Crippen molar-refractivity contribution in [3.05, 3.63) is 0 Å². The molecule has 3 nitrogen and oxygen atoms in total. The molecule has 1 rings (SSSR count). The van der Waals surface area contributed by atoms with Gasteiger partial charge in [-0.05, 0) is 39.7 Å². The van der Waals surface area contributed by atoms with Gasteiger partial charge >= 0.3 is 0 Å². The van der Waals surface area contributed by atoms with E-state index in [-0.39, 0.29) is 0 Å². The van der Waals surface area contributed by atoms with Crippen LogP contribution in [0.1, 0.15) is 41.0 Å². The summed E-state index contributed by atoms with van der Waals surface area (Å²) < 4.78 is 5.65. The lowest BCUT2D eigenvalue weighted by molar-refractivity contribution is 0.00779. The minimum absolute atomic E-state index is 0.352. The number of rotatable bonds is 6. The molecule has 0 spiro atoms. The highest BCUT2D eigenvalue weighted by molar-refractivity contribution is 4.88. The van der Waals surface area contributed by atoms with Gasteiger partial charge in [0.1, 0.15) is 0 Å². The van der Waals surface area contributed by atoms with Crippen LogP contribution in [0, 0.1) is 5.92 Å². The molecule has 1 saturated heterocycles. The van der Waals surface area contributed by atoms with Gasteiger partial charge in [0.05, 0.1) is 6.10 Å². The van der Waals surface area contributed by atoms with E-state index in [2.05, 4.69) is 44.8 Å². The van der Waals surface area contributed by atoms with Crippen molar-refractivity contribution in [2.45, 2.75) is 59.2 Å². The van der Waals surface area contributed by atoms with Gasteiger partial charge in [0.15, 0.2) is 0 Å². The molecule has 0 aromatic rings. The van der Waals surface area contributed by atoms with E-state index in [0.717, 1.165) is 25.6 Å². The number of nitrogens with zero attached hydrogens (tertiary/aromatic N) is 1. The number of piperidine rings is 1. The molecule has 3 heteroatoms. The maximum atomic E-state index is 5.65. The Kier molecular flexibility index (Phi) is 6.45. The molecular weight excluding hydrogens is 212 g/mol. The maximum Gasteiger partial charge on any atom is 0.0673 e. The van der Waals surface area contributed by atoms with Crippen molar-refractivity contribution in [2.75, 3.05) is 26.2 Å². The highest BCUT2D eigenvalue weighted by Gasteiger charge is 2.32. The fourth-order valence-electron chi connectivity index (χ4n) is 2.92. The molecule has 0 saturated carbocycles. The summed E-state index contributed by atoms with van der Waals surface area (Å²) >= 11 is 0. The van der Waals surface area contributed by atoms with Gasteiger partial charge in [-0.2, -0.15) is 0 Å². The summed E-state index contributed by atoms with van der Waals surface area (Å²) in [7, 11) is 0. The average Bonchev–Trinajstić information content (AvgIpc) is 2.29. The Morgan fingerprint density at radius 1 is 1.35 bits per heavy atom. The Bertz CT molecular complexity index is 210. The molecule has 1 fully saturated rings. The molecule has 0 amide bonds. The summed E-state index contributed by atoms with van der Waals surface area (Å²) in [6.07, 6.45) is 1.61. The van der Waals surface area contributed by atoms with Crippen molar-refractivity contribution in [1.29, 1.82) is 0 Å². The average molecular weight is 242 g/mol. The minimum atomic E-state index is 0.352. The van der Waals surface area contributed by atoms with Crippen LogP contribution in [0.25, 0.3) is 0 Å². The van der Waals surface area contributed by atoms with Crippen LogP contribution in [0.2, 0.25) is 0 Å². The molecule has 1 N–H and O–H groups in total. The van der Waals surface area contributed by atoms with Crippen LogP contribution in [0.4, 0.5) is 0 Å². The van der Waals surface area contributed by atoms with Gasteiger partial charge in [-0.3, -0.25) is 4.90 Å². The van der Waals surface area contributed by atoms with Gasteiger partial charge in [0.2, 0.25) is 0 Å². The monoisotopic (exact) mass is 242 g/mol. The van der Waals surface area contributed by atoms with Crippen LogP contribution < -0.4 is 5.32 Å². The van der Waals surface area contributed by atoms with E-state index in [9.17, 15) is 0 Å². The Balaban J connectivity index is 2.44. The molecule has 1 aliphatic heterocycles. The quantitative estimate of drug-likeness (QED) is 0.772. The lowest BCUT2D eigenvalue weighted by Gasteiger charge is -2.43. The summed E-state index contributed by atoms with van der Waals surface area (Å²) in [4.78, 5) is 2.58. The predicted octanol–water partition coefficient (Wildman–Crippen LogP) is 2.12. The zero-order valence-corrected chi connectivity index (χ0v) is 12.2. The molecule has 0 radical (unpaired) electrons. The van der Waals surface area contributed by atoms with E-state index < -0.39 is 0 Å². The number of likely N-dealkylation sites (tertiary alicyclic amines) is 1. The van der Waals surface area contributed by atoms with Crippen molar-refractivity contribution >= 4 is 0 Å². The maximum absolute atomic E-state index is 5.65. The van der Waals surface area contributed by atoms with Crippen LogP contribution in [-0.2, 0) is 4.74 Å². The lowest BCUT2D eigenvalue weighted by atomic mass is 9.87. The topological polar surface area (TPSA) is 24.5 Å². The first kappa shape index (κ1) is 14.9. The number of hydrogen-bond donors (Lipinski definition) is 1. The van der Waals surface area contributed by atoms with Gasteiger partial charge in [0.25, 0.3) is 0 Å². The third-order valence-electron chi connectivity index (χ3n) is 4.11. The first-order valence-electron chi connectivity index (χ1n) is 7.19. The van der Waals surface area contributed by atoms with Crippen LogP contribution in [-0.4, -0.2) is 49.3 Å². The molecule has 102 valence electrons. The predicted molar refractivity (Wildman–Crippen MR) is 73.4 cm³/mol. The molecule has 0 aliphatic carbocycles. The van der Waals surface area contributed by atoms with E-state index in [4.69, 9.17) is 4.74 Å². The van der Waals surface area contributed by atoms with Crippen LogP contribution >= 0.6 is 0 Å². The zero-order valence-electron chi connectivity index (χ0n) is 12.2. The van der Waals surface area contributed by atoms with E-state index >= 15 is 0 Å². The van der Waals surface area contributed by atoms with Gasteiger partial charge in [-0.1, -0.05) is 13.8 Å².